The molecule has 2 unspecified atom stereocenters. The third-order valence-corrected chi connectivity index (χ3v) is 6.23. The number of likely N-dealkylation sites (N-methyl/N-ethyl adjacent to an activating group) is 1. The number of aromatic nitrogens is 2. The molecule has 2 atom stereocenters. The van der Waals surface area contributed by atoms with Gasteiger partial charge in [0.1, 0.15) is 6.04 Å². The van der Waals surface area contributed by atoms with E-state index in [-0.39, 0.29) is 24.5 Å². The Morgan fingerprint density at radius 3 is 2.76 bits per heavy atom. The topological polar surface area (TPSA) is 88.3 Å². The van der Waals surface area contributed by atoms with Crippen LogP contribution in [0.25, 0.3) is 0 Å². The molecule has 1 aliphatic rings. The van der Waals surface area contributed by atoms with Gasteiger partial charge in [-0.3, -0.25) is 0 Å². The number of hydrogen-bond acceptors (Lipinski definition) is 6. The van der Waals surface area contributed by atoms with E-state index < -0.39 is 10.0 Å². The van der Waals surface area contributed by atoms with E-state index in [9.17, 15) is 8.42 Å². The van der Waals surface area contributed by atoms with Gasteiger partial charge in [-0.25, -0.2) is 8.42 Å². The number of halogens is 1. The number of sulfonamides is 1. The monoisotopic (exact) mass is 386 g/mol. The van der Waals surface area contributed by atoms with E-state index in [1.54, 1.807) is 30.3 Å². The molecule has 1 aromatic heterocycles. The van der Waals surface area contributed by atoms with Crippen molar-refractivity contribution in [2.75, 3.05) is 13.6 Å². The van der Waals surface area contributed by atoms with Gasteiger partial charge in [0.05, 0.1) is 4.90 Å². The molecule has 7 nitrogen and oxygen atoms in total. The van der Waals surface area contributed by atoms with Gasteiger partial charge in [0.15, 0.2) is 5.82 Å². The summed E-state index contributed by atoms with van der Waals surface area (Å²) in [5, 5.41) is 7.11. The molecule has 0 saturated carbocycles. The zero-order valence-corrected chi connectivity index (χ0v) is 15.9. The summed E-state index contributed by atoms with van der Waals surface area (Å²) < 4.78 is 32.6. The van der Waals surface area contributed by atoms with Gasteiger partial charge in [-0.15, -0.1) is 12.4 Å². The van der Waals surface area contributed by atoms with Crippen LogP contribution < -0.4 is 5.32 Å². The van der Waals surface area contributed by atoms with E-state index in [2.05, 4.69) is 15.5 Å². The highest BCUT2D eigenvalue weighted by Gasteiger charge is 2.39. The first kappa shape index (κ1) is 19.8. The molecule has 25 heavy (non-hydrogen) atoms. The Morgan fingerprint density at radius 2 is 2.08 bits per heavy atom. The van der Waals surface area contributed by atoms with Gasteiger partial charge in [-0.1, -0.05) is 23.4 Å². The fourth-order valence-electron chi connectivity index (χ4n) is 2.86. The van der Waals surface area contributed by atoms with Crippen LogP contribution in [0.5, 0.6) is 0 Å². The van der Waals surface area contributed by atoms with Crippen molar-refractivity contribution in [1.29, 1.82) is 0 Å². The fraction of sp³-hybridized carbons (Fsp3) is 0.500. The molecule has 0 aliphatic carbocycles. The standard InChI is InChI=1S/C16H22N4O3S.ClH/c1-12(17-2)11-15-18-16(23-19-15)14-9-6-10-20(14)24(21,22)13-7-4-3-5-8-13;/h3-5,7-8,12,14,17H,6,9-11H2,1-2H3;1H. The average Bonchev–Trinajstić information content (AvgIpc) is 3.24. The van der Waals surface area contributed by atoms with Crippen LogP contribution in [0.4, 0.5) is 0 Å². The molecule has 2 aromatic rings. The third kappa shape index (κ3) is 4.20. The summed E-state index contributed by atoms with van der Waals surface area (Å²) in [5.41, 5.74) is 0. The second-order valence-corrected chi connectivity index (χ2v) is 7.92. The number of nitrogens with zero attached hydrogens (tertiary/aromatic N) is 3. The molecule has 0 bridgehead atoms. The predicted octanol–water partition coefficient (Wildman–Crippen LogP) is 2.17. The van der Waals surface area contributed by atoms with Gasteiger partial charge in [0.2, 0.25) is 15.9 Å². The number of nitrogens with one attached hydrogen (secondary N) is 1. The number of rotatable bonds is 6. The van der Waals surface area contributed by atoms with Crippen LogP contribution in [0.1, 0.15) is 37.5 Å². The first-order valence-corrected chi connectivity index (χ1v) is 9.53. The Balaban J connectivity index is 0.00000225. The van der Waals surface area contributed by atoms with Crippen LogP contribution in [0, 0.1) is 0 Å². The van der Waals surface area contributed by atoms with E-state index in [1.807, 2.05) is 14.0 Å². The molecule has 1 N–H and O–H groups in total. The summed E-state index contributed by atoms with van der Waals surface area (Å²) in [6.07, 6.45) is 2.11. The molecule has 1 aliphatic heterocycles. The summed E-state index contributed by atoms with van der Waals surface area (Å²) in [4.78, 5) is 4.71. The van der Waals surface area contributed by atoms with Crippen molar-refractivity contribution in [3.63, 3.8) is 0 Å². The van der Waals surface area contributed by atoms with Gasteiger partial charge in [0.25, 0.3) is 0 Å². The summed E-state index contributed by atoms with van der Waals surface area (Å²) in [6.45, 7) is 2.49. The van der Waals surface area contributed by atoms with Gasteiger partial charge < -0.3 is 9.84 Å². The normalized spacial score (nSPS) is 19.5. The maximum atomic E-state index is 12.9. The quantitative estimate of drug-likeness (QED) is 0.818. The Morgan fingerprint density at radius 1 is 1.36 bits per heavy atom. The van der Waals surface area contributed by atoms with E-state index in [0.717, 1.165) is 6.42 Å². The zero-order valence-electron chi connectivity index (χ0n) is 14.3. The predicted molar refractivity (Wildman–Crippen MR) is 96.1 cm³/mol. The molecule has 3 rings (SSSR count). The minimum Gasteiger partial charge on any atom is -0.338 e. The van der Waals surface area contributed by atoms with Crippen LogP contribution in [0.15, 0.2) is 39.8 Å². The summed E-state index contributed by atoms with van der Waals surface area (Å²) in [6, 6.07) is 8.30. The lowest BCUT2D eigenvalue weighted by Crippen LogP contribution is -2.31. The lowest BCUT2D eigenvalue weighted by molar-refractivity contribution is 0.289. The second kappa shape index (κ2) is 8.27. The maximum absolute atomic E-state index is 12.9. The fourth-order valence-corrected chi connectivity index (χ4v) is 4.54. The maximum Gasteiger partial charge on any atom is 0.245 e. The molecule has 1 saturated heterocycles. The van der Waals surface area contributed by atoms with Crippen LogP contribution in [0.2, 0.25) is 0 Å². The molecule has 2 heterocycles. The van der Waals surface area contributed by atoms with E-state index >= 15 is 0 Å². The molecular weight excluding hydrogens is 364 g/mol. The average molecular weight is 387 g/mol. The van der Waals surface area contributed by atoms with E-state index in [4.69, 9.17) is 4.52 Å². The summed E-state index contributed by atoms with van der Waals surface area (Å²) >= 11 is 0. The van der Waals surface area contributed by atoms with Gasteiger partial charge >= 0.3 is 0 Å². The van der Waals surface area contributed by atoms with Crippen molar-refractivity contribution in [2.24, 2.45) is 0 Å². The largest absolute Gasteiger partial charge is 0.338 e. The summed E-state index contributed by atoms with van der Waals surface area (Å²) in [7, 11) is -1.69. The van der Waals surface area contributed by atoms with Crippen molar-refractivity contribution < 1.29 is 12.9 Å². The van der Waals surface area contributed by atoms with Crippen molar-refractivity contribution in [3.05, 3.63) is 42.0 Å². The molecule has 1 fully saturated rings. The van der Waals surface area contributed by atoms with Gasteiger partial charge in [0, 0.05) is 19.0 Å². The Hall–Kier alpha value is -1.48. The SMILES string of the molecule is CNC(C)Cc1noc(C2CCCN2S(=O)(=O)c2ccccc2)n1.Cl. The number of hydrogen-bond donors (Lipinski definition) is 1. The van der Waals surface area contributed by atoms with Crippen molar-refractivity contribution in [3.8, 4) is 0 Å². The Labute approximate surface area is 154 Å². The number of benzene rings is 1. The minimum atomic E-state index is -3.56. The van der Waals surface area contributed by atoms with Crippen LogP contribution >= 0.6 is 12.4 Å². The van der Waals surface area contributed by atoms with Gasteiger partial charge in [-0.2, -0.15) is 9.29 Å². The third-order valence-electron chi connectivity index (χ3n) is 4.30. The van der Waals surface area contributed by atoms with Gasteiger partial charge in [-0.05, 0) is 38.9 Å². The van der Waals surface area contributed by atoms with E-state index in [1.165, 1.54) is 4.31 Å². The molecule has 9 heteroatoms. The Bertz CT molecular complexity index is 782. The molecule has 0 radical (unpaired) electrons. The highest BCUT2D eigenvalue weighted by atomic mass is 35.5. The molecular formula is C16H23ClN4O3S. The lowest BCUT2D eigenvalue weighted by Gasteiger charge is -2.21. The molecule has 0 amide bonds. The molecule has 1 aromatic carbocycles. The van der Waals surface area contributed by atoms with Crippen LogP contribution in [0.3, 0.4) is 0 Å². The first-order chi connectivity index (χ1) is 11.5. The molecule has 138 valence electrons. The summed E-state index contributed by atoms with van der Waals surface area (Å²) in [5.74, 6) is 0.973. The van der Waals surface area contributed by atoms with Crippen molar-refractivity contribution >= 4 is 22.4 Å². The highest BCUT2D eigenvalue weighted by molar-refractivity contribution is 7.89. The lowest BCUT2D eigenvalue weighted by atomic mass is 10.2. The smallest absolute Gasteiger partial charge is 0.245 e. The van der Waals surface area contributed by atoms with Crippen molar-refractivity contribution in [1.82, 2.24) is 19.8 Å². The minimum absolute atomic E-state index is 0. The first-order valence-electron chi connectivity index (χ1n) is 8.09. The Kier molecular flexibility index (Phi) is 6.56. The van der Waals surface area contributed by atoms with Crippen LogP contribution in [-0.2, 0) is 16.4 Å². The van der Waals surface area contributed by atoms with Crippen molar-refractivity contribution in [2.45, 2.75) is 43.2 Å². The molecule has 0 spiro atoms. The van der Waals surface area contributed by atoms with Crippen LogP contribution in [-0.4, -0.2) is 42.5 Å². The second-order valence-electron chi connectivity index (χ2n) is 6.03. The highest BCUT2D eigenvalue weighted by Crippen LogP contribution is 2.35. The zero-order chi connectivity index (χ0) is 17.2. The van der Waals surface area contributed by atoms with E-state index in [0.29, 0.717) is 36.0 Å².